The number of benzene rings is 1. The number of carbonyl (C=O) groups is 2. The summed E-state index contributed by atoms with van der Waals surface area (Å²) in [7, 11) is 1.23. The molecule has 1 aromatic carbocycles. The number of aryl methyl sites for hydroxylation is 1. The van der Waals surface area contributed by atoms with E-state index in [4.69, 9.17) is 4.74 Å². The van der Waals surface area contributed by atoms with E-state index in [0.29, 0.717) is 0 Å². The standard InChI is InChI=1S/C13H14O4/c1-9-6-4-5-7-11(9)8-12(13(15)16-3)17-10(2)14/h4-8H,1-3H3/b12-8-. The number of hydrogen-bond acceptors (Lipinski definition) is 4. The molecule has 0 bridgehead atoms. The van der Waals surface area contributed by atoms with Crippen molar-refractivity contribution >= 4 is 18.0 Å². The lowest BCUT2D eigenvalue weighted by atomic mass is 10.1. The minimum Gasteiger partial charge on any atom is -0.463 e. The monoisotopic (exact) mass is 234 g/mol. The van der Waals surface area contributed by atoms with Crippen LogP contribution in [0.2, 0.25) is 0 Å². The van der Waals surface area contributed by atoms with Crippen molar-refractivity contribution < 1.29 is 19.1 Å². The highest BCUT2D eigenvalue weighted by atomic mass is 16.6. The van der Waals surface area contributed by atoms with E-state index in [2.05, 4.69) is 4.74 Å². The van der Waals surface area contributed by atoms with Gasteiger partial charge in [0.1, 0.15) is 0 Å². The largest absolute Gasteiger partial charge is 0.463 e. The Balaban J connectivity index is 3.09. The first-order valence-corrected chi connectivity index (χ1v) is 5.08. The normalized spacial score (nSPS) is 10.9. The van der Waals surface area contributed by atoms with E-state index in [1.807, 2.05) is 31.2 Å². The molecule has 90 valence electrons. The minimum absolute atomic E-state index is 0.116. The molecule has 4 nitrogen and oxygen atoms in total. The smallest absolute Gasteiger partial charge is 0.374 e. The number of esters is 2. The van der Waals surface area contributed by atoms with E-state index >= 15 is 0 Å². The van der Waals surface area contributed by atoms with Crippen LogP contribution in [0, 0.1) is 6.92 Å². The number of ether oxygens (including phenoxy) is 2. The Kier molecular flexibility index (Phi) is 4.46. The fraction of sp³-hybridized carbons (Fsp3) is 0.231. The molecule has 0 aliphatic rings. The summed E-state index contributed by atoms with van der Waals surface area (Å²) in [5.41, 5.74) is 1.77. The van der Waals surface area contributed by atoms with Crippen molar-refractivity contribution in [2.24, 2.45) is 0 Å². The summed E-state index contributed by atoms with van der Waals surface area (Å²) in [5.74, 6) is -1.35. The van der Waals surface area contributed by atoms with Gasteiger partial charge >= 0.3 is 11.9 Å². The first kappa shape index (κ1) is 13.0. The number of methoxy groups -OCH3 is 1. The average Bonchev–Trinajstić information content (AvgIpc) is 2.29. The average molecular weight is 234 g/mol. The van der Waals surface area contributed by atoms with Crippen molar-refractivity contribution in [3.63, 3.8) is 0 Å². The fourth-order valence-electron chi connectivity index (χ4n) is 1.28. The molecule has 1 aromatic rings. The molecule has 0 saturated heterocycles. The van der Waals surface area contributed by atoms with Crippen LogP contribution < -0.4 is 0 Å². The molecule has 0 fully saturated rings. The molecule has 0 aliphatic carbocycles. The lowest BCUT2D eigenvalue weighted by molar-refractivity contribution is -0.148. The quantitative estimate of drug-likeness (QED) is 0.456. The lowest BCUT2D eigenvalue weighted by Crippen LogP contribution is -2.11. The second-order valence-electron chi connectivity index (χ2n) is 3.45. The SMILES string of the molecule is COC(=O)/C(=C/c1ccccc1C)OC(C)=O. The minimum atomic E-state index is -0.677. The summed E-state index contributed by atoms with van der Waals surface area (Å²) in [4.78, 5) is 22.3. The van der Waals surface area contributed by atoms with Crippen LogP contribution in [0.5, 0.6) is 0 Å². The third kappa shape index (κ3) is 3.75. The van der Waals surface area contributed by atoms with Gasteiger partial charge in [0, 0.05) is 6.92 Å². The molecule has 0 N–H and O–H groups in total. The van der Waals surface area contributed by atoms with Crippen LogP contribution in [0.25, 0.3) is 6.08 Å². The van der Waals surface area contributed by atoms with Crippen molar-refractivity contribution in [3.05, 3.63) is 41.2 Å². The Morgan fingerprint density at radius 1 is 1.24 bits per heavy atom. The predicted octanol–water partition coefficient (Wildman–Crippen LogP) is 2.07. The maximum absolute atomic E-state index is 11.4. The van der Waals surface area contributed by atoms with Gasteiger partial charge < -0.3 is 9.47 Å². The maximum Gasteiger partial charge on any atom is 0.374 e. The van der Waals surface area contributed by atoms with Gasteiger partial charge in [0.2, 0.25) is 5.76 Å². The molecule has 0 heterocycles. The zero-order valence-electron chi connectivity index (χ0n) is 10.0. The fourth-order valence-corrected chi connectivity index (χ4v) is 1.28. The van der Waals surface area contributed by atoms with Gasteiger partial charge in [0.25, 0.3) is 0 Å². The van der Waals surface area contributed by atoms with E-state index in [9.17, 15) is 9.59 Å². The first-order valence-electron chi connectivity index (χ1n) is 5.08. The van der Waals surface area contributed by atoms with E-state index < -0.39 is 11.9 Å². The maximum atomic E-state index is 11.4. The summed E-state index contributed by atoms with van der Waals surface area (Å²) in [6.07, 6.45) is 1.49. The summed E-state index contributed by atoms with van der Waals surface area (Å²) < 4.78 is 9.35. The van der Waals surface area contributed by atoms with Gasteiger partial charge in [-0.3, -0.25) is 4.79 Å². The topological polar surface area (TPSA) is 52.6 Å². The van der Waals surface area contributed by atoms with E-state index in [0.717, 1.165) is 11.1 Å². The van der Waals surface area contributed by atoms with Crippen molar-refractivity contribution in [1.82, 2.24) is 0 Å². The van der Waals surface area contributed by atoms with E-state index in [1.54, 1.807) is 0 Å². The van der Waals surface area contributed by atoms with E-state index in [1.165, 1.54) is 20.1 Å². The van der Waals surface area contributed by atoms with Gasteiger partial charge in [-0.1, -0.05) is 24.3 Å². The van der Waals surface area contributed by atoms with Crippen LogP contribution in [-0.2, 0) is 19.1 Å². The van der Waals surface area contributed by atoms with Crippen molar-refractivity contribution in [2.75, 3.05) is 7.11 Å². The Bertz CT molecular complexity index is 460. The second-order valence-corrected chi connectivity index (χ2v) is 3.45. The zero-order chi connectivity index (χ0) is 12.8. The molecule has 0 amide bonds. The van der Waals surface area contributed by atoms with Gasteiger partial charge in [-0.05, 0) is 24.1 Å². The first-order chi connectivity index (χ1) is 8.04. The Morgan fingerprint density at radius 3 is 2.41 bits per heavy atom. The van der Waals surface area contributed by atoms with Crippen LogP contribution in [-0.4, -0.2) is 19.0 Å². The molecule has 4 heteroatoms. The van der Waals surface area contributed by atoms with Gasteiger partial charge in [0.15, 0.2) is 0 Å². The van der Waals surface area contributed by atoms with Crippen molar-refractivity contribution in [2.45, 2.75) is 13.8 Å². The summed E-state index contributed by atoms with van der Waals surface area (Å²) in [6.45, 7) is 3.13. The molecule has 0 saturated carbocycles. The lowest BCUT2D eigenvalue weighted by Gasteiger charge is -2.06. The van der Waals surface area contributed by atoms with Crippen molar-refractivity contribution in [1.29, 1.82) is 0 Å². The summed E-state index contributed by atoms with van der Waals surface area (Å²) in [6, 6.07) is 7.44. The van der Waals surface area contributed by atoms with Crippen LogP contribution >= 0.6 is 0 Å². The van der Waals surface area contributed by atoms with Crippen LogP contribution in [0.1, 0.15) is 18.1 Å². The van der Waals surface area contributed by atoms with E-state index in [-0.39, 0.29) is 5.76 Å². The highest BCUT2D eigenvalue weighted by Crippen LogP contribution is 2.13. The molecular weight excluding hydrogens is 220 g/mol. The highest BCUT2D eigenvalue weighted by Gasteiger charge is 2.14. The van der Waals surface area contributed by atoms with Crippen LogP contribution in [0.4, 0.5) is 0 Å². The Morgan fingerprint density at radius 2 is 1.88 bits per heavy atom. The second kappa shape index (κ2) is 5.84. The molecule has 0 radical (unpaired) electrons. The van der Waals surface area contributed by atoms with Gasteiger partial charge in [0.05, 0.1) is 7.11 Å². The third-order valence-corrected chi connectivity index (χ3v) is 2.12. The third-order valence-electron chi connectivity index (χ3n) is 2.12. The predicted molar refractivity (Wildman–Crippen MR) is 62.9 cm³/mol. The summed E-state index contributed by atoms with van der Waals surface area (Å²) >= 11 is 0. The van der Waals surface area contributed by atoms with Crippen LogP contribution in [0.15, 0.2) is 30.0 Å². The molecular formula is C13H14O4. The number of rotatable bonds is 3. The molecule has 0 aromatic heterocycles. The molecule has 0 aliphatic heterocycles. The number of hydrogen-bond donors (Lipinski definition) is 0. The Labute approximate surface area is 99.8 Å². The molecule has 17 heavy (non-hydrogen) atoms. The zero-order valence-corrected chi connectivity index (χ0v) is 10.0. The van der Waals surface area contributed by atoms with Gasteiger partial charge in [-0.2, -0.15) is 0 Å². The van der Waals surface area contributed by atoms with Crippen LogP contribution in [0.3, 0.4) is 0 Å². The van der Waals surface area contributed by atoms with Crippen molar-refractivity contribution in [3.8, 4) is 0 Å². The highest BCUT2D eigenvalue weighted by molar-refractivity contribution is 5.94. The summed E-state index contributed by atoms with van der Waals surface area (Å²) in [5, 5.41) is 0. The Hall–Kier alpha value is -2.10. The van der Waals surface area contributed by atoms with Gasteiger partial charge in [-0.15, -0.1) is 0 Å². The molecule has 0 atom stereocenters. The number of carbonyl (C=O) groups excluding carboxylic acids is 2. The van der Waals surface area contributed by atoms with Gasteiger partial charge in [-0.25, -0.2) is 4.79 Å². The molecule has 0 spiro atoms. The molecule has 0 unspecified atom stereocenters. The molecule has 1 rings (SSSR count).